The first-order valence-corrected chi connectivity index (χ1v) is 8.36. The van der Waals surface area contributed by atoms with Crippen LogP contribution in [0.1, 0.15) is 45.2 Å². The van der Waals surface area contributed by atoms with E-state index in [1.165, 1.54) is 0 Å². The van der Waals surface area contributed by atoms with E-state index >= 15 is 0 Å². The molecule has 1 aromatic carbocycles. The molecule has 118 valence electrons. The lowest BCUT2D eigenvalue weighted by molar-refractivity contribution is 0.103. The van der Waals surface area contributed by atoms with Crippen molar-refractivity contribution in [3.8, 4) is 0 Å². The minimum atomic E-state index is -0.248. The van der Waals surface area contributed by atoms with Gasteiger partial charge in [-0.3, -0.25) is 0 Å². The van der Waals surface area contributed by atoms with Gasteiger partial charge in [0.25, 0.3) is 0 Å². The average molecular weight is 311 g/mol. The van der Waals surface area contributed by atoms with Crippen LogP contribution in [0.2, 0.25) is 5.02 Å². The summed E-state index contributed by atoms with van der Waals surface area (Å²) in [7, 11) is 0. The van der Waals surface area contributed by atoms with Gasteiger partial charge in [0.2, 0.25) is 0 Å². The summed E-state index contributed by atoms with van der Waals surface area (Å²) in [5.74, 6) is 0.384. The van der Waals surface area contributed by atoms with Crippen LogP contribution in [-0.4, -0.2) is 30.8 Å². The summed E-state index contributed by atoms with van der Waals surface area (Å²) in [6.45, 7) is 9.09. The molecule has 0 aliphatic carbocycles. The number of piperidine rings is 1. The Bertz CT molecular complexity index is 466. The second kappa shape index (κ2) is 7.48. The molecule has 1 fully saturated rings. The molecule has 2 N–H and O–H groups in total. The number of anilines is 1. The lowest BCUT2D eigenvalue weighted by atomic mass is 9.95. The normalized spacial score (nSPS) is 24.1. The number of halogens is 1. The van der Waals surface area contributed by atoms with Crippen molar-refractivity contribution in [2.75, 3.05) is 24.5 Å². The molecule has 0 bridgehead atoms. The molecule has 3 atom stereocenters. The van der Waals surface area contributed by atoms with Gasteiger partial charge in [-0.25, -0.2) is 0 Å². The van der Waals surface area contributed by atoms with E-state index < -0.39 is 0 Å². The minimum Gasteiger partial charge on any atom is -0.391 e. The molecule has 1 aromatic rings. The Morgan fingerprint density at radius 2 is 2.24 bits per heavy atom. The first-order valence-electron chi connectivity index (χ1n) is 7.98. The number of β-amino-alcohol motifs (C(OH)–C–C–N with tert-alkyl or cyclic N) is 1. The summed E-state index contributed by atoms with van der Waals surface area (Å²) in [5, 5.41) is 14.3. The van der Waals surface area contributed by atoms with Crippen LogP contribution < -0.4 is 10.2 Å². The Morgan fingerprint density at radius 1 is 1.48 bits per heavy atom. The number of hydrogen-bond donors (Lipinski definition) is 2. The highest BCUT2D eigenvalue weighted by Crippen LogP contribution is 2.30. The topological polar surface area (TPSA) is 35.5 Å². The molecular weight excluding hydrogens is 284 g/mol. The molecule has 0 aromatic heterocycles. The van der Waals surface area contributed by atoms with Gasteiger partial charge in [-0.1, -0.05) is 31.5 Å². The maximum atomic E-state index is 10.0. The van der Waals surface area contributed by atoms with Crippen LogP contribution in [0.4, 0.5) is 5.69 Å². The number of nitrogens with one attached hydrogen (secondary N) is 1. The van der Waals surface area contributed by atoms with Gasteiger partial charge in [0.15, 0.2) is 0 Å². The second-order valence-electron chi connectivity index (χ2n) is 6.16. The van der Waals surface area contributed by atoms with Gasteiger partial charge >= 0.3 is 0 Å². The Kier molecular flexibility index (Phi) is 5.91. The van der Waals surface area contributed by atoms with Gasteiger partial charge < -0.3 is 15.3 Å². The summed E-state index contributed by atoms with van der Waals surface area (Å²) >= 11 is 6.46. The average Bonchev–Trinajstić information content (AvgIpc) is 2.47. The van der Waals surface area contributed by atoms with Gasteiger partial charge in [-0.05, 0) is 49.9 Å². The summed E-state index contributed by atoms with van der Waals surface area (Å²) in [5.41, 5.74) is 2.25. The molecule has 1 aliphatic rings. The Morgan fingerprint density at radius 3 is 2.86 bits per heavy atom. The van der Waals surface area contributed by atoms with Crippen molar-refractivity contribution in [2.45, 2.75) is 45.8 Å². The Balaban J connectivity index is 2.08. The van der Waals surface area contributed by atoms with E-state index in [1.54, 1.807) is 0 Å². The third-order valence-electron chi connectivity index (χ3n) is 4.43. The predicted octanol–water partition coefficient (Wildman–Crippen LogP) is 3.61. The van der Waals surface area contributed by atoms with Crippen molar-refractivity contribution in [1.82, 2.24) is 5.32 Å². The first kappa shape index (κ1) is 16.6. The number of hydrogen-bond acceptors (Lipinski definition) is 3. The molecule has 1 heterocycles. The monoisotopic (exact) mass is 310 g/mol. The fourth-order valence-electron chi connectivity index (χ4n) is 2.82. The van der Waals surface area contributed by atoms with E-state index in [2.05, 4.69) is 43.1 Å². The Hall–Kier alpha value is -0.770. The molecule has 21 heavy (non-hydrogen) atoms. The molecule has 0 saturated carbocycles. The van der Waals surface area contributed by atoms with Crippen molar-refractivity contribution in [1.29, 1.82) is 0 Å². The van der Waals surface area contributed by atoms with Crippen molar-refractivity contribution in [3.05, 3.63) is 28.8 Å². The van der Waals surface area contributed by atoms with Gasteiger partial charge in [0.05, 0.1) is 6.10 Å². The van der Waals surface area contributed by atoms with Gasteiger partial charge in [0, 0.05) is 29.8 Å². The summed E-state index contributed by atoms with van der Waals surface area (Å²) in [6.07, 6.45) is 1.89. The highest BCUT2D eigenvalue weighted by Gasteiger charge is 2.24. The fourth-order valence-corrected chi connectivity index (χ4v) is 3.16. The zero-order valence-corrected chi connectivity index (χ0v) is 14.0. The van der Waals surface area contributed by atoms with Crippen LogP contribution in [0.15, 0.2) is 18.2 Å². The highest BCUT2D eigenvalue weighted by molar-refractivity contribution is 6.31. The molecule has 0 amide bonds. The molecule has 2 rings (SSSR count). The Labute approximate surface area is 133 Å². The highest BCUT2D eigenvalue weighted by atomic mass is 35.5. The molecule has 3 unspecified atom stereocenters. The van der Waals surface area contributed by atoms with Gasteiger partial charge in [-0.15, -0.1) is 0 Å². The summed E-state index contributed by atoms with van der Waals surface area (Å²) in [4.78, 5) is 2.23. The van der Waals surface area contributed by atoms with Crippen LogP contribution >= 0.6 is 11.6 Å². The fraction of sp³-hybridized carbons (Fsp3) is 0.647. The SMILES string of the molecule is CCCNC(C)c1ccc(N2CCC(C)C(O)C2)cc1Cl. The van der Waals surface area contributed by atoms with Crippen LogP contribution in [0.25, 0.3) is 0 Å². The van der Waals surface area contributed by atoms with Crippen molar-refractivity contribution < 1.29 is 5.11 Å². The zero-order chi connectivity index (χ0) is 15.4. The van der Waals surface area contributed by atoms with E-state index in [9.17, 15) is 5.11 Å². The van der Waals surface area contributed by atoms with Crippen molar-refractivity contribution in [2.24, 2.45) is 5.92 Å². The van der Waals surface area contributed by atoms with Gasteiger partial charge in [-0.2, -0.15) is 0 Å². The number of aliphatic hydroxyl groups excluding tert-OH is 1. The smallest absolute Gasteiger partial charge is 0.0741 e. The van der Waals surface area contributed by atoms with E-state index in [0.29, 0.717) is 12.5 Å². The van der Waals surface area contributed by atoms with Crippen molar-refractivity contribution >= 4 is 17.3 Å². The molecule has 0 spiro atoms. The van der Waals surface area contributed by atoms with Crippen LogP contribution in [0, 0.1) is 5.92 Å². The molecule has 0 radical (unpaired) electrons. The number of rotatable bonds is 5. The molecule has 3 nitrogen and oxygen atoms in total. The van der Waals surface area contributed by atoms with Gasteiger partial charge in [0.1, 0.15) is 0 Å². The first-order chi connectivity index (χ1) is 10.0. The lowest BCUT2D eigenvalue weighted by Gasteiger charge is -2.36. The molecular formula is C17H27ClN2O. The molecule has 4 heteroatoms. The lowest BCUT2D eigenvalue weighted by Crippen LogP contribution is -2.42. The third-order valence-corrected chi connectivity index (χ3v) is 4.76. The minimum absolute atomic E-state index is 0.248. The maximum Gasteiger partial charge on any atom is 0.0741 e. The number of nitrogens with zero attached hydrogens (tertiary/aromatic N) is 1. The predicted molar refractivity (Wildman–Crippen MR) is 90.2 cm³/mol. The van der Waals surface area contributed by atoms with E-state index in [0.717, 1.165) is 42.2 Å². The number of aliphatic hydroxyl groups is 1. The molecule has 1 saturated heterocycles. The third kappa shape index (κ3) is 4.12. The van der Waals surface area contributed by atoms with E-state index in [-0.39, 0.29) is 12.1 Å². The summed E-state index contributed by atoms with van der Waals surface area (Å²) in [6, 6.07) is 6.52. The van der Waals surface area contributed by atoms with Crippen LogP contribution in [0.5, 0.6) is 0 Å². The quantitative estimate of drug-likeness (QED) is 0.872. The van der Waals surface area contributed by atoms with E-state index in [1.807, 2.05) is 6.07 Å². The second-order valence-corrected chi connectivity index (χ2v) is 6.57. The van der Waals surface area contributed by atoms with Crippen LogP contribution in [0.3, 0.4) is 0 Å². The molecule has 1 aliphatic heterocycles. The number of benzene rings is 1. The van der Waals surface area contributed by atoms with Crippen molar-refractivity contribution in [3.63, 3.8) is 0 Å². The van der Waals surface area contributed by atoms with Crippen LogP contribution in [-0.2, 0) is 0 Å². The van der Waals surface area contributed by atoms with E-state index in [4.69, 9.17) is 11.6 Å². The zero-order valence-electron chi connectivity index (χ0n) is 13.3. The maximum absolute atomic E-state index is 10.0. The standard InChI is InChI=1S/C17H27ClN2O/c1-4-8-19-13(3)15-6-5-14(10-16(15)18)20-9-7-12(2)17(21)11-20/h5-6,10,12-13,17,19,21H,4,7-9,11H2,1-3H3. The largest absolute Gasteiger partial charge is 0.391 e. The summed E-state index contributed by atoms with van der Waals surface area (Å²) < 4.78 is 0.